The largest absolute Gasteiger partial charge is 0.306 e. The van der Waals surface area contributed by atoms with Crippen molar-refractivity contribution in [3.63, 3.8) is 0 Å². The molecule has 1 aliphatic heterocycles. The molecule has 0 saturated heterocycles. The number of aromatic nitrogens is 6. The molecule has 8 heteroatoms. The van der Waals surface area contributed by atoms with Gasteiger partial charge in [0.2, 0.25) is 5.95 Å². The van der Waals surface area contributed by atoms with Crippen LogP contribution in [0.25, 0.3) is 101 Å². The number of benzene rings is 10. The van der Waals surface area contributed by atoms with E-state index >= 15 is 0 Å². The van der Waals surface area contributed by atoms with Crippen molar-refractivity contribution in [1.82, 2.24) is 29.9 Å². The number of nitrogens with zero attached hydrogens (tertiary/aromatic N) is 8. The molecule has 4 heterocycles. The van der Waals surface area contributed by atoms with E-state index in [0.717, 1.165) is 129 Å². The summed E-state index contributed by atoms with van der Waals surface area (Å²) in [5.74, 6) is 1.73. The van der Waals surface area contributed by atoms with Crippen LogP contribution in [-0.2, 0) is 0 Å². The molecule has 0 radical (unpaired) electrons. The zero-order valence-electron chi connectivity index (χ0n) is 46.1. The number of para-hydroxylation sites is 4. The number of anilines is 6. The molecule has 0 bridgehead atoms. The average molecular weight is 1070 g/mol. The number of hydrogen-bond acceptors (Lipinski definition) is 8. The van der Waals surface area contributed by atoms with Gasteiger partial charge in [-0.15, -0.1) is 0 Å². The highest BCUT2D eigenvalue weighted by molar-refractivity contribution is 6.08. The fourth-order valence-corrected chi connectivity index (χ4v) is 11.7. The second-order valence-electron chi connectivity index (χ2n) is 20.9. The first-order valence-electron chi connectivity index (χ1n) is 27.9. The summed E-state index contributed by atoms with van der Waals surface area (Å²) < 4.78 is 0. The van der Waals surface area contributed by atoms with Gasteiger partial charge in [0.1, 0.15) is 0 Å². The SMILES string of the molecule is Cc1cc(C)c(-c2c(-c3cc(-c4ccccc4)nc(-c4ccccc4)n3)ccc(N3c4ccccc4N(c4nc(-c5ccccc5)cc(-c5ccccc5)n4)c4ccccc43)c2-c2nc(-c3ccccc3)cc(-c3ccccc3)n2)c(C)c1. The molecule has 3 aromatic heterocycles. The number of hydrogen-bond donors (Lipinski definition) is 0. The molecular formula is C75H54N8. The smallest absolute Gasteiger partial charge is 0.235 e. The van der Waals surface area contributed by atoms with E-state index in [0.29, 0.717) is 17.6 Å². The standard InChI is InChI=1S/C75H54N8/c1-49-44-50(2)70(51(3)45-49)71-58(64-48-61(54-30-14-6-15-31-54)76-73(79-64)57-36-20-9-21-37-57)42-43-69(72(71)74-77-59(52-26-10-4-11-27-52)46-60(78-74)53-28-12-5-13-29-53)82-65-38-22-24-40-67(65)83(68-41-25-23-39-66(68)82)75-80-62(55-32-16-7-17-33-55)47-63(81-75)56-34-18-8-19-35-56/h4-48H,1-3H3. The van der Waals surface area contributed by atoms with Crippen LogP contribution in [0, 0.1) is 20.8 Å². The van der Waals surface area contributed by atoms with Gasteiger partial charge < -0.3 is 4.90 Å². The van der Waals surface area contributed by atoms with Crippen LogP contribution < -0.4 is 9.80 Å². The van der Waals surface area contributed by atoms with E-state index in [1.165, 1.54) is 5.56 Å². The van der Waals surface area contributed by atoms with Crippen molar-refractivity contribution in [2.45, 2.75) is 20.8 Å². The molecule has 0 N–H and O–H groups in total. The van der Waals surface area contributed by atoms with Crippen molar-refractivity contribution in [3.05, 3.63) is 290 Å². The first kappa shape index (κ1) is 50.3. The van der Waals surface area contributed by atoms with E-state index in [1.807, 2.05) is 48.5 Å². The molecule has 10 aromatic carbocycles. The minimum absolute atomic E-state index is 0.547. The number of aryl methyl sites for hydroxylation is 3. The van der Waals surface area contributed by atoms with Crippen LogP contribution >= 0.6 is 0 Å². The van der Waals surface area contributed by atoms with Gasteiger partial charge in [-0.05, 0) is 86.0 Å². The maximum Gasteiger partial charge on any atom is 0.235 e. The summed E-state index contributed by atoms with van der Waals surface area (Å²) in [5.41, 5.74) is 22.3. The third-order valence-corrected chi connectivity index (χ3v) is 15.3. The molecular weight excluding hydrogens is 1010 g/mol. The van der Waals surface area contributed by atoms with Gasteiger partial charge in [0, 0.05) is 44.5 Å². The summed E-state index contributed by atoms with van der Waals surface area (Å²) in [4.78, 5) is 37.8. The Hall–Kier alpha value is -11.0. The Labute approximate surface area is 483 Å². The third-order valence-electron chi connectivity index (χ3n) is 15.3. The van der Waals surface area contributed by atoms with Gasteiger partial charge in [-0.3, -0.25) is 4.90 Å². The first-order valence-corrected chi connectivity index (χ1v) is 27.9. The average Bonchev–Trinajstić information content (AvgIpc) is 3.10. The van der Waals surface area contributed by atoms with Crippen LogP contribution in [0.3, 0.4) is 0 Å². The van der Waals surface area contributed by atoms with Crippen LogP contribution in [0.1, 0.15) is 16.7 Å². The van der Waals surface area contributed by atoms with Gasteiger partial charge in [-0.25, -0.2) is 29.9 Å². The topological polar surface area (TPSA) is 83.8 Å². The molecule has 0 saturated carbocycles. The normalized spacial score (nSPS) is 11.7. The molecule has 13 aromatic rings. The zero-order valence-corrected chi connectivity index (χ0v) is 46.1. The minimum Gasteiger partial charge on any atom is -0.306 e. The quantitative estimate of drug-likeness (QED) is 0.127. The molecule has 14 rings (SSSR count). The Bertz CT molecular complexity index is 4280. The van der Waals surface area contributed by atoms with E-state index in [1.54, 1.807) is 0 Å². The van der Waals surface area contributed by atoms with Gasteiger partial charge >= 0.3 is 0 Å². The molecule has 0 aliphatic carbocycles. The summed E-state index contributed by atoms with van der Waals surface area (Å²) >= 11 is 0. The fraction of sp³-hybridized carbons (Fsp3) is 0.0400. The summed E-state index contributed by atoms with van der Waals surface area (Å²) in [7, 11) is 0. The minimum atomic E-state index is 0.547. The monoisotopic (exact) mass is 1070 g/mol. The molecule has 0 atom stereocenters. The first-order chi connectivity index (χ1) is 40.9. The summed E-state index contributed by atoms with van der Waals surface area (Å²) in [6, 6.07) is 94.6. The Morgan fingerprint density at radius 3 is 0.976 bits per heavy atom. The van der Waals surface area contributed by atoms with E-state index in [-0.39, 0.29) is 0 Å². The van der Waals surface area contributed by atoms with Crippen LogP contribution in [-0.4, -0.2) is 29.9 Å². The highest BCUT2D eigenvalue weighted by atomic mass is 15.3. The maximum atomic E-state index is 5.73. The molecule has 394 valence electrons. The zero-order chi connectivity index (χ0) is 55.8. The highest BCUT2D eigenvalue weighted by Gasteiger charge is 2.36. The lowest BCUT2D eigenvalue weighted by Gasteiger charge is -2.40. The van der Waals surface area contributed by atoms with Crippen LogP contribution in [0.15, 0.2) is 273 Å². The summed E-state index contributed by atoms with van der Waals surface area (Å²) in [5, 5.41) is 0. The van der Waals surface area contributed by atoms with Crippen molar-refractivity contribution in [2.75, 3.05) is 9.80 Å². The molecule has 1 aliphatic rings. The molecule has 0 spiro atoms. The van der Waals surface area contributed by atoms with Crippen molar-refractivity contribution in [2.24, 2.45) is 0 Å². The summed E-state index contributed by atoms with van der Waals surface area (Å²) in [6.45, 7) is 6.60. The lowest BCUT2D eigenvalue weighted by atomic mass is 9.84. The van der Waals surface area contributed by atoms with Crippen LogP contribution in [0.5, 0.6) is 0 Å². The Morgan fingerprint density at radius 2 is 0.566 bits per heavy atom. The molecule has 0 unspecified atom stereocenters. The second kappa shape index (κ2) is 21.6. The Kier molecular flexibility index (Phi) is 13.1. The number of rotatable bonds is 11. The fourth-order valence-electron chi connectivity index (χ4n) is 11.7. The molecule has 83 heavy (non-hydrogen) atoms. The third kappa shape index (κ3) is 9.58. The van der Waals surface area contributed by atoms with Gasteiger partial charge in [0.15, 0.2) is 11.6 Å². The van der Waals surface area contributed by atoms with Crippen LogP contribution in [0.4, 0.5) is 34.4 Å². The van der Waals surface area contributed by atoms with Gasteiger partial charge in [0.25, 0.3) is 0 Å². The van der Waals surface area contributed by atoms with E-state index in [4.69, 9.17) is 29.9 Å². The molecule has 8 nitrogen and oxygen atoms in total. The Balaban J connectivity index is 1.10. The highest BCUT2D eigenvalue weighted by Crippen LogP contribution is 2.57. The van der Waals surface area contributed by atoms with Crippen molar-refractivity contribution in [1.29, 1.82) is 0 Å². The van der Waals surface area contributed by atoms with Crippen molar-refractivity contribution < 1.29 is 0 Å². The van der Waals surface area contributed by atoms with Gasteiger partial charge in [-0.2, -0.15) is 0 Å². The predicted octanol–water partition coefficient (Wildman–Crippen LogP) is 19.2. The van der Waals surface area contributed by atoms with Gasteiger partial charge in [0.05, 0.1) is 68.2 Å². The lowest BCUT2D eigenvalue weighted by Crippen LogP contribution is -2.26. The van der Waals surface area contributed by atoms with Crippen molar-refractivity contribution in [3.8, 4) is 101 Å². The van der Waals surface area contributed by atoms with E-state index < -0.39 is 0 Å². The lowest BCUT2D eigenvalue weighted by molar-refractivity contribution is 1.06. The second-order valence-corrected chi connectivity index (χ2v) is 20.9. The number of fused-ring (bicyclic) bond motifs is 2. The van der Waals surface area contributed by atoms with E-state index in [9.17, 15) is 0 Å². The van der Waals surface area contributed by atoms with E-state index in [2.05, 4.69) is 255 Å². The summed E-state index contributed by atoms with van der Waals surface area (Å²) in [6.07, 6.45) is 0. The predicted molar refractivity (Wildman–Crippen MR) is 339 cm³/mol. The molecule has 0 amide bonds. The maximum absolute atomic E-state index is 5.73. The Morgan fingerprint density at radius 1 is 0.241 bits per heavy atom. The molecule has 0 fully saturated rings. The van der Waals surface area contributed by atoms with Crippen LogP contribution in [0.2, 0.25) is 0 Å². The van der Waals surface area contributed by atoms with Crippen molar-refractivity contribution >= 4 is 34.4 Å². The van der Waals surface area contributed by atoms with Gasteiger partial charge in [-0.1, -0.05) is 230 Å².